The second kappa shape index (κ2) is 6.70. The zero-order chi connectivity index (χ0) is 15.3. The highest BCUT2D eigenvalue weighted by atomic mass is 33.1. The molecule has 0 aromatic carbocycles. The van der Waals surface area contributed by atoms with E-state index in [-0.39, 0.29) is 12.2 Å². The first-order chi connectivity index (χ1) is 9.19. The van der Waals surface area contributed by atoms with Crippen molar-refractivity contribution in [2.75, 3.05) is 12.0 Å². The van der Waals surface area contributed by atoms with Gasteiger partial charge in [0.15, 0.2) is 15.6 Å². The van der Waals surface area contributed by atoms with Gasteiger partial charge in [-0.2, -0.15) is 4.39 Å². The van der Waals surface area contributed by atoms with Crippen molar-refractivity contribution in [2.45, 2.75) is 13.2 Å². The Bertz CT molecular complexity index is 708. The summed E-state index contributed by atoms with van der Waals surface area (Å²) < 4.78 is 39.8. The summed E-state index contributed by atoms with van der Waals surface area (Å²) in [4.78, 5) is 34.9. The highest BCUT2D eigenvalue weighted by molar-refractivity contribution is 8.71. The van der Waals surface area contributed by atoms with Crippen molar-refractivity contribution in [2.24, 2.45) is 0 Å². The summed E-state index contributed by atoms with van der Waals surface area (Å²) in [6.07, 6.45) is 1.43. The molecule has 0 amide bonds. The predicted octanol–water partition coefficient (Wildman–Crippen LogP) is -0.741. The van der Waals surface area contributed by atoms with Crippen LogP contribution in [0.5, 0.6) is 0 Å². The van der Waals surface area contributed by atoms with E-state index in [9.17, 15) is 27.2 Å². The normalized spacial score (nSPS) is 11.3. The van der Waals surface area contributed by atoms with Crippen LogP contribution in [0.15, 0.2) is 15.8 Å². The first-order valence-corrected chi connectivity index (χ1v) is 8.58. The van der Waals surface area contributed by atoms with Gasteiger partial charge in [0.2, 0.25) is 5.82 Å². The largest absolute Gasteiger partial charge is 0.444 e. The van der Waals surface area contributed by atoms with Gasteiger partial charge < -0.3 is 4.74 Å². The molecule has 0 aliphatic heterocycles. The molecule has 1 N–H and O–H groups in total. The third-order valence-corrected chi connectivity index (χ3v) is 4.52. The Morgan fingerprint density at radius 1 is 1.50 bits per heavy atom. The van der Waals surface area contributed by atoms with Gasteiger partial charge in [0.25, 0.3) is 5.56 Å². The van der Waals surface area contributed by atoms with Crippen LogP contribution in [0.1, 0.15) is 6.42 Å². The van der Waals surface area contributed by atoms with E-state index < -0.39 is 38.6 Å². The van der Waals surface area contributed by atoms with Crippen LogP contribution < -0.4 is 11.2 Å². The smallest absolute Gasteiger partial charge is 0.331 e. The van der Waals surface area contributed by atoms with E-state index in [2.05, 4.69) is 4.74 Å². The Labute approximate surface area is 116 Å². The number of carbonyl (C=O) groups is 1. The van der Waals surface area contributed by atoms with Gasteiger partial charge in [0.1, 0.15) is 0 Å². The third kappa shape index (κ3) is 5.57. The third-order valence-electron chi connectivity index (χ3n) is 1.94. The van der Waals surface area contributed by atoms with E-state index in [0.717, 1.165) is 6.26 Å². The second-order valence-corrected chi connectivity index (χ2v) is 8.20. The Hall–Kier alpha value is -1.62. The molecule has 0 saturated heterocycles. The van der Waals surface area contributed by atoms with Crippen LogP contribution in [0.25, 0.3) is 0 Å². The fourth-order valence-electron chi connectivity index (χ4n) is 1.07. The quantitative estimate of drug-likeness (QED) is 0.540. The molecular weight excluding hydrogens is 315 g/mol. The van der Waals surface area contributed by atoms with Gasteiger partial charge >= 0.3 is 11.7 Å². The van der Waals surface area contributed by atoms with Crippen molar-refractivity contribution in [1.29, 1.82) is 0 Å². The predicted molar refractivity (Wildman–Crippen MR) is 69.3 cm³/mol. The molecule has 0 unspecified atom stereocenters. The maximum absolute atomic E-state index is 12.9. The summed E-state index contributed by atoms with van der Waals surface area (Å²) in [5.74, 6) is -1.93. The lowest BCUT2D eigenvalue weighted by atomic mass is 10.5. The average molecular weight is 326 g/mol. The minimum Gasteiger partial charge on any atom is -0.444 e. The molecule has 0 atom stereocenters. The Kier molecular flexibility index (Phi) is 5.51. The van der Waals surface area contributed by atoms with E-state index in [1.165, 1.54) is 0 Å². The summed E-state index contributed by atoms with van der Waals surface area (Å²) in [6.45, 7) is -0.574. The molecule has 8 nitrogen and oxygen atoms in total. The van der Waals surface area contributed by atoms with Gasteiger partial charge in [-0.15, -0.1) is 0 Å². The average Bonchev–Trinajstić information content (AvgIpc) is 2.30. The molecule has 20 heavy (non-hydrogen) atoms. The number of aromatic nitrogens is 2. The molecule has 0 fully saturated rings. The molecule has 0 saturated carbocycles. The molecule has 1 heterocycles. The molecule has 0 aliphatic carbocycles. The van der Waals surface area contributed by atoms with Gasteiger partial charge in [0.05, 0.1) is 12.6 Å². The number of hydrogen-bond acceptors (Lipinski definition) is 7. The van der Waals surface area contributed by atoms with Crippen molar-refractivity contribution in [3.05, 3.63) is 32.9 Å². The van der Waals surface area contributed by atoms with Gasteiger partial charge in [-0.1, -0.05) is 0 Å². The molecule has 0 aliphatic rings. The number of halogens is 1. The van der Waals surface area contributed by atoms with Crippen molar-refractivity contribution in [3.63, 3.8) is 0 Å². The zero-order valence-corrected chi connectivity index (χ0v) is 11.9. The summed E-state index contributed by atoms with van der Waals surface area (Å²) in [5, 5.41) is 0. The lowest BCUT2D eigenvalue weighted by molar-refractivity contribution is -0.147. The fraction of sp³-hybridized carbons (Fsp3) is 0.444. The molecule has 0 bridgehead atoms. The summed E-state index contributed by atoms with van der Waals surface area (Å²) in [6, 6.07) is 0. The van der Waals surface area contributed by atoms with Crippen molar-refractivity contribution in [1.82, 2.24) is 9.55 Å². The number of ether oxygens (including phenoxy) is 1. The number of nitrogens with one attached hydrogen (secondary N) is 1. The SMILES string of the molecule is CS(=O)(=O)SCCC(=O)OCn1cc(F)c(=O)[nH]c1=O. The van der Waals surface area contributed by atoms with Crippen LogP contribution >= 0.6 is 10.8 Å². The number of hydrogen-bond donors (Lipinski definition) is 1. The first-order valence-electron chi connectivity index (χ1n) is 5.18. The van der Waals surface area contributed by atoms with E-state index in [4.69, 9.17) is 0 Å². The van der Waals surface area contributed by atoms with E-state index in [1.807, 2.05) is 0 Å². The summed E-state index contributed by atoms with van der Waals surface area (Å²) >= 11 is 0. The molecule has 112 valence electrons. The van der Waals surface area contributed by atoms with Crippen LogP contribution in [-0.2, 0) is 25.1 Å². The molecular formula is C9H11FN2O6S2. The lowest BCUT2D eigenvalue weighted by Crippen LogP contribution is -2.32. The molecule has 0 radical (unpaired) electrons. The maximum atomic E-state index is 12.9. The van der Waals surface area contributed by atoms with Gasteiger partial charge in [-0.25, -0.2) is 13.2 Å². The topological polar surface area (TPSA) is 115 Å². The van der Waals surface area contributed by atoms with Crippen molar-refractivity contribution >= 4 is 25.6 Å². The number of esters is 1. The summed E-state index contributed by atoms with van der Waals surface area (Å²) in [7, 11) is -2.65. The zero-order valence-electron chi connectivity index (χ0n) is 10.3. The van der Waals surface area contributed by atoms with E-state index in [1.54, 1.807) is 4.98 Å². The number of carbonyl (C=O) groups excluding carboxylic acids is 1. The van der Waals surface area contributed by atoms with Crippen LogP contribution in [-0.4, -0.2) is 35.9 Å². The second-order valence-electron chi connectivity index (χ2n) is 3.63. The Morgan fingerprint density at radius 2 is 2.15 bits per heavy atom. The number of nitrogens with zero attached hydrogens (tertiary/aromatic N) is 1. The van der Waals surface area contributed by atoms with Gasteiger partial charge in [-0.3, -0.25) is 19.1 Å². The number of aromatic amines is 1. The first kappa shape index (κ1) is 16.4. The number of H-pyrrole nitrogens is 1. The van der Waals surface area contributed by atoms with Crippen LogP contribution in [0.4, 0.5) is 4.39 Å². The van der Waals surface area contributed by atoms with E-state index >= 15 is 0 Å². The number of rotatable bonds is 6. The summed E-state index contributed by atoms with van der Waals surface area (Å²) in [5.41, 5.74) is -2.09. The Balaban J connectivity index is 2.52. The van der Waals surface area contributed by atoms with Crippen LogP contribution in [0, 0.1) is 5.82 Å². The van der Waals surface area contributed by atoms with Crippen molar-refractivity contribution in [3.8, 4) is 0 Å². The maximum Gasteiger partial charge on any atom is 0.331 e. The molecule has 11 heteroatoms. The molecule has 1 aromatic heterocycles. The molecule has 1 aromatic rings. The minimum atomic E-state index is -3.24. The van der Waals surface area contributed by atoms with E-state index in [0.29, 0.717) is 21.6 Å². The Morgan fingerprint density at radius 3 is 2.75 bits per heavy atom. The standard InChI is InChI=1S/C9H11FN2O6S2/c1-20(16,17)19-3-2-7(13)18-5-12-4-6(10)8(14)11-9(12)15/h4H,2-3,5H2,1H3,(H,11,14,15). The molecule has 1 rings (SSSR count). The van der Waals surface area contributed by atoms with Crippen LogP contribution in [0.3, 0.4) is 0 Å². The van der Waals surface area contributed by atoms with Gasteiger partial charge in [0, 0.05) is 12.0 Å². The van der Waals surface area contributed by atoms with Crippen molar-refractivity contribution < 1.29 is 22.3 Å². The fourth-order valence-corrected chi connectivity index (χ4v) is 2.78. The van der Waals surface area contributed by atoms with Gasteiger partial charge in [-0.05, 0) is 10.8 Å². The minimum absolute atomic E-state index is 0.00650. The monoisotopic (exact) mass is 326 g/mol. The highest BCUT2D eigenvalue weighted by Gasteiger charge is 2.09. The van der Waals surface area contributed by atoms with Crippen LogP contribution in [0.2, 0.25) is 0 Å². The molecule has 0 spiro atoms. The lowest BCUT2D eigenvalue weighted by Gasteiger charge is -2.06. The highest BCUT2D eigenvalue weighted by Crippen LogP contribution is 2.11.